The van der Waals surface area contributed by atoms with Gasteiger partial charge >= 0.3 is 0 Å². The van der Waals surface area contributed by atoms with Crippen LogP contribution in [0.4, 0.5) is 0 Å². The Bertz CT molecular complexity index is 499. The van der Waals surface area contributed by atoms with E-state index in [1.807, 2.05) is 0 Å². The van der Waals surface area contributed by atoms with E-state index in [1.54, 1.807) is 0 Å². The summed E-state index contributed by atoms with van der Waals surface area (Å²) in [5, 5.41) is 10.8. The van der Waals surface area contributed by atoms with Crippen LogP contribution < -0.4 is 0 Å². The molecule has 0 bridgehead atoms. The van der Waals surface area contributed by atoms with Crippen molar-refractivity contribution in [2.24, 2.45) is 5.92 Å². The highest BCUT2D eigenvalue weighted by atomic mass is 32.2. The highest BCUT2D eigenvalue weighted by Gasteiger charge is 2.26. The third-order valence-corrected chi connectivity index (χ3v) is 6.20. The van der Waals surface area contributed by atoms with Gasteiger partial charge in [0.05, 0.1) is 0 Å². The van der Waals surface area contributed by atoms with Crippen molar-refractivity contribution < 1.29 is 5.11 Å². The van der Waals surface area contributed by atoms with Crippen LogP contribution >= 0.6 is 11.8 Å². The summed E-state index contributed by atoms with van der Waals surface area (Å²) < 4.78 is 0. The Labute approximate surface area is 161 Å². The molecular formula is C23H40OS. The first-order chi connectivity index (χ1) is 11.5. The quantitative estimate of drug-likeness (QED) is 0.517. The van der Waals surface area contributed by atoms with Gasteiger partial charge in [0.15, 0.2) is 0 Å². The van der Waals surface area contributed by atoms with Gasteiger partial charge < -0.3 is 5.11 Å². The third-order valence-electron chi connectivity index (χ3n) is 4.95. The maximum atomic E-state index is 10.8. The minimum Gasteiger partial charge on any atom is -0.507 e. The summed E-state index contributed by atoms with van der Waals surface area (Å²) in [5.41, 5.74) is 3.42. The predicted molar refractivity (Wildman–Crippen MR) is 115 cm³/mol. The Kier molecular flexibility index (Phi) is 8.38. The molecule has 0 aliphatic carbocycles. The van der Waals surface area contributed by atoms with Crippen LogP contribution in [0.15, 0.2) is 12.1 Å². The molecule has 1 atom stereocenters. The highest BCUT2D eigenvalue weighted by Crippen LogP contribution is 2.40. The lowest BCUT2D eigenvalue weighted by Crippen LogP contribution is -2.17. The molecule has 0 heterocycles. The maximum absolute atomic E-state index is 10.8. The molecule has 0 fully saturated rings. The zero-order valence-corrected chi connectivity index (χ0v) is 18.6. The molecule has 2 heteroatoms. The van der Waals surface area contributed by atoms with Crippen molar-refractivity contribution in [1.82, 2.24) is 0 Å². The molecule has 1 rings (SSSR count). The normalized spacial score (nSPS) is 13.9. The summed E-state index contributed by atoms with van der Waals surface area (Å²) in [7, 11) is 0. The maximum Gasteiger partial charge on any atom is 0.123 e. The van der Waals surface area contributed by atoms with E-state index in [9.17, 15) is 5.11 Å². The molecule has 144 valence electrons. The van der Waals surface area contributed by atoms with Crippen LogP contribution in [-0.2, 0) is 16.6 Å². The first kappa shape index (κ1) is 22.4. The number of phenolic OH excluding ortho intramolecular Hbond substituents is 1. The number of hydrogen-bond donors (Lipinski definition) is 1. The van der Waals surface area contributed by atoms with Crippen LogP contribution in [0.5, 0.6) is 5.75 Å². The lowest BCUT2D eigenvalue weighted by molar-refractivity contribution is 0.423. The lowest BCUT2D eigenvalue weighted by Gasteiger charge is -2.28. The fourth-order valence-corrected chi connectivity index (χ4v) is 4.42. The Morgan fingerprint density at radius 1 is 0.960 bits per heavy atom. The fraction of sp³-hybridized carbons (Fsp3) is 0.739. The van der Waals surface area contributed by atoms with Crippen LogP contribution in [0.2, 0.25) is 0 Å². The minimum atomic E-state index is -0.0438. The van der Waals surface area contributed by atoms with Crippen molar-refractivity contribution in [2.45, 2.75) is 97.7 Å². The van der Waals surface area contributed by atoms with Gasteiger partial charge in [-0.25, -0.2) is 0 Å². The Morgan fingerprint density at radius 2 is 1.48 bits per heavy atom. The Balaban J connectivity index is 2.96. The van der Waals surface area contributed by atoms with Crippen LogP contribution in [0, 0.1) is 5.92 Å². The average Bonchev–Trinajstić information content (AvgIpc) is 2.49. The number of unbranched alkanes of at least 4 members (excludes halogenated alkanes) is 1. The van der Waals surface area contributed by atoms with Crippen molar-refractivity contribution in [1.29, 1.82) is 0 Å². The van der Waals surface area contributed by atoms with E-state index in [-0.39, 0.29) is 10.8 Å². The van der Waals surface area contributed by atoms with Crippen molar-refractivity contribution in [3.63, 3.8) is 0 Å². The summed E-state index contributed by atoms with van der Waals surface area (Å²) in [5.74, 6) is 3.61. The first-order valence-corrected chi connectivity index (χ1v) is 11.1. The Hall–Kier alpha value is -0.630. The smallest absolute Gasteiger partial charge is 0.123 e. The van der Waals surface area contributed by atoms with E-state index in [0.717, 1.165) is 22.8 Å². The summed E-state index contributed by atoms with van der Waals surface area (Å²) >= 11 is 2.05. The van der Waals surface area contributed by atoms with Gasteiger partial charge in [-0.2, -0.15) is 11.8 Å². The van der Waals surface area contributed by atoms with E-state index in [4.69, 9.17) is 0 Å². The molecule has 1 nitrogen and oxygen atoms in total. The summed E-state index contributed by atoms with van der Waals surface area (Å²) in [6.45, 7) is 17.7. The van der Waals surface area contributed by atoms with E-state index < -0.39 is 0 Å². The fourth-order valence-electron chi connectivity index (χ4n) is 3.16. The van der Waals surface area contributed by atoms with Crippen molar-refractivity contribution in [2.75, 3.05) is 5.75 Å². The molecule has 0 saturated carbocycles. The minimum absolute atomic E-state index is 0.0438. The molecule has 1 N–H and O–H groups in total. The molecule has 0 aliphatic rings. The molecule has 1 unspecified atom stereocenters. The lowest BCUT2D eigenvalue weighted by atomic mass is 9.78. The first-order valence-electron chi connectivity index (χ1n) is 9.95. The molecule has 0 aliphatic heterocycles. The number of benzene rings is 1. The zero-order chi connectivity index (χ0) is 19.3. The van der Waals surface area contributed by atoms with Gasteiger partial charge in [0.2, 0.25) is 0 Å². The summed E-state index contributed by atoms with van der Waals surface area (Å²) in [6.07, 6.45) is 5.28. The van der Waals surface area contributed by atoms with Crippen LogP contribution in [0.3, 0.4) is 0 Å². The van der Waals surface area contributed by atoms with Crippen LogP contribution in [0.25, 0.3) is 0 Å². The van der Waals surface area contributed by atoms with Crippen molar-refractivity contribution in [3.05, 3.63) is 28.8 Å². The monoisotopic (exact) mass is 364 g/mol. The van der Waals surface area contributed by atoms with Gasteiger partial charge in [-0.05, 0) is 45.6 Å². The summed E-state index contributed by atoms with van der Waals surface area (Å²) in [4.78, 5) is 0. The predicted octanol–water partition coefficient (Wildman–Crippen LogP) is 7.44. The SMILES string of the molecule is CCCCC(CC)CSCc1cc(C(C)(C)C)c(O)c(C(C)(C)C)c1. The second-order valence-electron chi connectivity index (χ2n) is 9.47. The van der Waals surface area contributed by atoms with Gasteiger partial charge in [0, 0.05) is 5.75 Å². The average molecular weight is 365 g/mol. The number of aromatic hydroxyl groups is 1. The molecule has 0 spiro atoms. The second-order valence-corrected chi connectivity index (χ2v) is 10.5. The molecular weight excluding hydrogens is 324 g/mol. The largest absolute Gasteiger partial charge is 0.507 e. The topological polar surface area (TPSA) is 20.2 Å². The number of rotatable bonds is 8. The molecule has 0 aromatic heterocycles. The molecule has 1 aromatic carbocycles. The van der Waals surface area contributed by atoms with Gasteiger partial charge in [0.25, 0.3) is 0 Å². The van der Waals surface area contributed by atoms with E-state index >= 15 is 0 Å². The van der Waals surface area contributed by atoms with Crippen LogP contribution in [-0.4, -0.2) is 10.9 Å². The molecule has 0 radical (unpaired) electrons. The number of hydrogen-bond acceptors (Lipinski definition) is 2. The summed E-state index contributed by atoms with van der Waals surface area (Å²) in [6, 6.07) is 4.45. The number of thioether (sulfide) groups is 1. The molecule has 1 aromatic rings. The second kappa shape index (κ2) is 9.35. The van der Waals surface area contributed by atoms with Gasteiger partial charge in [-0.3, -0.25) is 0 Å². The Morgan fingerprint density at radius 3 is 1.88 bits per heavy atom. The zero-order valence-electron chi connectivity index (χ0n) is 17.8. The van der Waals surface area contributed by atoms with Crippen molar-refractivity contribution >= 4 is 11.8 Å². The van der Waals surface area contributed by atoms with E-state index in [1.165, 1.54) is 37.0 Å². The third kappa shape index (κ3) is 6.89. The standard InChI is InChI=1S/C23H40OS/c1-9-11-12-17(10-2)15-25-16-18-13-19(22(3,4)5)21(24)20(14-18)23(6,7)8/h13-14,17,24H,9-12,15-16H2,1-8H3. The molecule has 25 heavy (non-hydrogen) atoms. The van der Waals surface area contributed by atoms with E-state index in [0.29, 0.717) is 5.75 Å². The van der Waals surface area contributed by atoms with Crippen molar-refractivity contribution in [3.8, 4) is 5.75 Å². The van der Waals surface area contributed by atoms with Gasteiger partial charge in [-0.15, -0.1) is 0 Å². The molecule has 0 saturated heterocycles. The van der Waals surface area contributed by atoms with Crippen LogP contribution in [0.1, 0.15) is 97.8 Å². The van der Waals surface area contributed by atoms with Gasteiger partial charge in [-0.1, -0.05) is 86.8 Å². The van der Waals surface area contributed by atoms with E-state index in [2.05, 4.69) is 79.3 Å². The molecule has 0 amide bonds. The highest BCUT2D eigenvalue weighted by molar-refractivity contribution is 7.98. The van der Waals surface area contributed by atoms with Gasteiger partial charge in [0.1, 0.15) is 5.75 Å². The number of phenols is 1.